The van der Waals surface area contributed by atoms with Crippen molar-refractivity contribution in [3.8, 4) is 0 Å². The normalized spacial score (nSPS) is 60.3. The van der Waals surface area contributed by atoms with Gasteiger partial charge in [0.15, 0.2) is 0 Å². The van der Waals surface area contributed by atoms with Crippen molar-refractivity contribution in [3.63, 3.8) is 0 Å². The van der Waals surface area contributed by atoms with Gasteiger partial charge in [-0.25, -0.2) is 0 Å². The zero-order valence-electron chi connectivity index (χ0n) is 20.1. The lowest BCUT2D eigenvalue weighted by atomic mass is 9.35. The Hall–Kier alpha value is 0. The minimum atomic E-state index is 0.538. The maximum atomic E-state index is 2.79. The van der Waals surface area contributed by atoms with Crippen LogP contribution in [0.5, 0.6) is 0 Å². The van der Waals surface area contributed by atoms with E-state index in [2.05, 4.69) is 48.5 Å². The lowest BCUT2D eigenvalue weighted by Crippen LogP contribution is -2.62. The molecule has 5 aliphatic carbocycles. The van der Waals surface area contributed by atoms with Crippen molar-refractivity contribution in [2.75, 3.05) is 0 Å². The summed E-state index contributed by atoms with van der Waals surface area (Å²) in [5.41, 5.74) is 2.47. The number of hydrogen-bond donors (Lipinski definition) is 0. The molecule has 0 spiro atoms. The molecule has 0 heterocycles. The molecule has 160 valence electrons. The van der Waals surface area contributed by atoms with Crippen LogP contribution in [-0.2, 0) is 0 Å². The monoisotopic (exact) mass is 384 g/mol. The molecule has 5 fully saturated rings. The average Bonchev–Trinajstić information content (AvgIpc) is 2.93. The summed E-state index contributed by atoms with van der Waals surface area (Å²) in [5.74, 6) is 6.96. The fraction of sp³-hybridized carbons (Fsp3) is 1.00. The summed E-state index contributed by atoms with van der Waals surface area (Å²) >= 11 is 0. The number of fused-ring (bicyclic) bond motifs is 7. The molecule has 5 saturated carbocycles. The van der Waals surface area contributed by atoms with Gasteiger partial charge in [-0.3, -0.25) is 0 Å². The molecule has 0 bridgehead atoms. The van der Waals surface area contributed by atoms with Gasteiger partial charge in [0.25, 0.3) is 0 Å². The Morgan fingerprint density at radius 3 is 2.04 bits per heavy atom. The molecule has 0 aliphatic heterocycles. The molecule has 0 aromatic carbocycles. The van der Waals surface area contributed by atoms with Crippen molar-refractivity contribution in [1.29, 1.82) is 0 Å². The lowest BCUT2D eigenvalue weighted by molar-refractivity contribution is -0.205. The highest BCUT2D eigenvalue weighted by molar-refractivity contribution is 5.14. The molecule has 0 aromatic rings. The molecule has 28 heavy (non-hydrogen) atoms. The molecule has 0 radical (unpaired) electrons. The molecule has 0 heteroatoms. The Bertz CT molecular complexity index is 632. The molecule has 0 saturated heterocycles. The molecule has 5 aliphatic rings. The lowest BCUT2D eigenvalue weighted by Gasteiger charge is -2.69. The van der Waals surface area contributed by atoms with Gasteiger partial charge in [0.1, 0.15) is 0 Å². The fourth-order valence-corrected chi connectivity index (χ4v) is 11.2. The van der Waals surface area contributed by atoms with E-state index in [1.165, 1.54) is 44.9 Å². The summed E-state index contributed by atoms with van der Waals surface area (Å²) in [7, 11) is 0. The van der Waals surface area contributed by atoms with Crippen LogP contribution in [0.2, 0.25) is 0 Å². The second-order valence-electron chi connectivity index (χ2n) is 14.0. The van der Waals surface area contributed by atoms with E-state index < -0.39 is 0 Å². The highest BCUT2D eigenvalue weighted by atomic mass is 14.7. The minimum Gasteiger partial charge on any atom is -0.0622 e. The molecule has 0 amide bonds. The van der Waals surface area contributed by atoms with Crippen LogP contribution >= 0.6 is 0 Å². The predicted octanol–water partition coefficient (Wildman–Crippen LogP) is 8.35. The summed E-state index contributed by atoms with van der Waals surface area (Å²) in [6.45, 7) is 18.6. The summed E-state index contributed by atoms with van der Waals surface area (Å²) in [4.78, 5) is 0. The van der Waals surface area contributed by atoms with E-state index in [4.69, 9.17) is 0 Å². The maximum absolute atomic E-state index is 2.79. The Balaban J connectivity index is 1.49. The van der Waals surface area contributed by atoms with Gasteiger partial charge in [-0.2, -0.15) is 0 Å². The molecule has 10 atom stereocenters. The van der Waals surface area contributed by atoms with Crippen LogP contribution < -0.4 is 0 Å². The van der Waals surface area contributed by atoms with Crippen LogP contribution in [0.15, 0.2) is 0 Å². The molecule has 0 nitrogen and oxygen atoms in total. The highest BCUT2D eigenvalue weighted by Crippen LogP contribution is 2.73. The molecule has 7 unspecified atom stereocenters. The zero-order chi connectivity index (χ0) is 20.1. The number of rotatable bonds is 0. The minimum absolute atomic E-state index is 0.538. The van der Waals surface area contributed by atoms with Gasteiger partial charge >= 0.3 is 0 Å². The molecule has 5 rings (SSSR count). The van der Waals surface area contributed by atoms with Gasteiger partial charge in [-0.05, 0) is 127 Å². The van der Waals surface area contributed by atoms with E-state index in [0.29, 0.717) is 21.7 Å². The van der Waals surface area contributed by atoms with E-state index in [1.54, 1.807) is 19.3 Å². The summed E-state index contributed by atoms with van der Waals surface area (Å²) < 4.78 is 0. The van der Waals surface area contributed by atoms with Crippen molar-refractivity contribution < 1.29 is 0 Å². The van der Waals surface area contributed by atoms with Crippen molar-refractivity contribution in [2.24, 2.45) is 63.1 Å². The van der Waals surface area contributed by atoms with Crippen LogP contribution in [0.25, 0.3) is 0 Å². The van der Waals surface area contributed by atoms with Crippen LogP contribution in [0, 0.1) is 63.1 Å². The van der Waals surface area contributed by atoms with E-state index in [9.17, 15) is 0 Å². The van der Waals surface area contributed by atoms with E-state index >= 15 is 0 Å². The molecule has 0 aromatic heterocycles. The average molecular weight is 385 g/mol. The third kappa shape index (κ3) is 2.36. The highest BCUT2D eigenvalue weighted by Gasteiger charge is 2.65. The van der Waals surface area contributed by atoms with Crippen LogP contribution in [-0.4, -0.2) is 0 Å². The van der Waals surface area contributed by atoms with Gasteiger partial charge in [0, 0.05) is 0 Å². The van der Waals surface area contributed by atoms with E-state index in [0.717, 1.165) is 41.4 Å². The summed E-state index contributed by atoms with van der Waals surface area (Å²) in [6.07, 6.45) is 15.3. The van der Waals surface area contributed by atoms with Crippen LogP contribution in [0.1, 0.15) is 113 Å². The first-order valence-electron chi connectivity index (χ1n) is 13.0. The Kier molecular flexibility index (Phi) is 4.30. The van der Waals surface area contributed by atoms with Gasteiger partial charge in [0.05, 0.1) is 0 Å². The van der Waals surface area contributed by atoms with Crippen LogP contribution in [0.4, 0.5) is 0 Å². The fourth-order valence-electron chi connectivity index (χ4n) is 11.2. The van der Waals surface area contributed by atoms with E-state index in [1.807, 2.05) is 0 Å². The number of hydrogen-bond acceptors (Lipinski definition) is 0. The Labute approximate surface area is 176 Å². The first-order valence-corrected chi connectivity index (χ1v) is 13.0. The SMILES string of the molecule is CC1CC[C@]2(C)CCC3C(CCC4[C@@]3(C)CCC3C(C)(C)C(C)CC[C@@]34C)C12. The zero-order valence-corrected chi connectivity index (χ0v) is 20.1. The van der Waals surface area contributed by atoms with Crippen molar-refractivity contribution in [2.45, 2.75) is 113 Å². The quantitative estimate of drug-likeness (QED) is 0.393. The second kappa shape index (κ2) is 6.03. The van der Waals surface area contributed by atoms with Crippen molar-refractivity contribution in [1.82, 2.24) is 0 Å². The van der Waals surface area contributed by atoms with Gasteiger partial charge < -0.3 is 0 Å². The van der Waals surface area contributed by atoms with Crippen molar-refractivity contribution >= 4 is 0 Å². The smallest absolute Gasteiger partial charge is 0.0259 e. The van der Waals surface area contributed by atoms with Gasteiger partial charge in [-0.1, -0.05) is 48.5 Å². The first-order chi connectivity index (χ1) is 13.0. The Morgan fingerprint density at radius 2 is 1.29 bits per heavy atom. The maximum Gasteiger partial charge on any atom is -0.0259 e. The second-order valence-corrected chi connectivity index (χ2v) is 14.0. The Morgan fingerprint density at radius 1 is 0.607 bits per heavy atom. The summed E-state index contributed by atoms with van der Waals surface area (Å²) in [6, 6.07) is 0. The predicted molar refractivity (Wildman–Crippen MR) is 120 cm³/mol. The third-order valence-electron chi connectivity index (χ3n) is 12.9. The third-order valence-corrected chi connectivity index (χ3v) is 12.9. The van der Waals surface area contributed by atoms with Crippen molar-refractivity contribution in [3.05, 3.63) is 0 Å². The first kappa shape index (κ1) is 19.9. The topological polar surface area (TPSA) is 0 Å². The van der Waals surface area contributed by atoms with Crippen LogP contribution in [0.3, 0.4) is 0 Å². The van der Waals surface area contributed by atoms with E-state index in [-0.39, 0.29) is 0 Å². The molecular formula is C28H48. The summed E-state index contributed by atoms with van der Waals surface area (Å²) in [5, 5.41) is 0. The molecular weight excluding hydrogens is 336 g/mol. The molecule has 0 N–H and O–H groups in total. The van der Waals surface area contributed by atoms with Gasteiger partial charge in [0.2, 0.25) is 0 Å². The largest absolute Gasteiger partial charge is 0.0622 e. The standard InChI is InChI=1S/C28H48/c1-18-10-14-26(5)15-12-21-20(24(18)26)8-9-23-27(21,6)17-13-22-25(3,4)19(2)11-16-28(22,23)7/h18-24H,8-17H2,1-7H3/t18?,19?,20?,21?,22?,23?,24?,26-,27+,28+/m1/s1. The van der Waals surface area contributed by atoms with Gasteiger partial charge in [-0.15, -0.1) is 0 Å².